The van der Waals surface area contributed by atoms with Crippen LogP contribution in [0.5, 0.6) is 0 Å². The van der Waals surface area contributed by atoms with Crippen molar-refractivity contribution in [2.24, 2.45) is 11.8 Å². The van der Waals surface area contributed by atoms with Gasteiger partial charge >= 0.3 is 0 Å². The Labute approximate surface area is 122 Å². The van der Waals surface area contributed by atoms with Crippen molar-refractivity contribution in [2.75, 3.05) is 6.61 Å². The second kappa shape index (κ2) is 7.21. The highest BCUT2D eigenvalue weighted by Crippen LogP contribution is 2.36. The van der Waals surface area contributed by atoms with Crippen LogP contribution >= 0.6 is 0 Å². The Morgan fingerprint density at radius 3 is 2.35 bits per heavy atom. The minimum absolute atomic E-state index is 0.201. The van der Waals surface area contributed by atoms with Crippen molar-refractivity contribution in [3.05, 3.63) is 35.4 Å². The van der Waals surface area contributed by atoms with E-state index < -0.39 is 0 Å². The van der Waals surface area contributed by atoms with Gasteiger partial charge in [0, 0.05) is 6.61 Å². The smallest absolute Gasteiger partial charge is 0.0772 e. The molecule has 20 heavy (non-hydrogen) atoms. The first-order valence-electron chi connectivity index (χ1n) is 7.82. The number of hydrogen-bond acceptors (Lipinski definition) is 3. The predicted octanol–water partition coefficient (Wildman–Crippen LogP) is 3.00. The van der Waals surface area contributed by atoms with Crippen molar-refractivity contribution in [3.8, 4) is 0 Å². The molecule has 3 heteroatoms. The number of hydrogen-bond donors (Lipinski definition) is 2. The van der Waals surface area contributed by atoms with Crippen LogP contribution < -0.4 is 11.3 Å². The van der Waals surface area contributed by atoms with Gasteiger partial charge in [-0.1, -0.05) is 38.1 Å². The zero-order valence-corrected chi connectivity index (χ0v) is 12.9. The summed E-state index contributed by atoms with van der Waals surface area (Å²) in [6, 6.07) is 9.08. The Morgan fingerprint density at radius 2 is 1.90 bits per heavy atom. The SMILES string of the molecule is CCOC(C1CC1)C(Cc1ccc(C(C)C)cc1)NN. The van der Waals surface area contributed by atoms with E-state index in [1.165, 1.54) is 24.0 Å². The van der Waals surface area contributed by atoms with Gasteiger partial charge in [0.2, 0.25) is 0 Å². The second-order valence-electron chi connectivity index (χ2n) is 6.13. The lowest BCUT2D eigenvalue weighted by molar-refractivity contribution is 0.0192. The summed E-state index contributed by atoms with van der Waals surface area (Å²) in [4.78, 5) is 0. The summed E-state index contributed by atoms with van der Waals surface area (Å²) in [5.41, 5.74) is 5.67. The summed E-state index contributed by atoms with van der Waals surface area (Å²) < 4.78 is 5.91. The average Bonchev–Trinajstić information content (AvgIpc) is 3.27. The number of ether oxygens (including phenoxy) is 1. The van der Waals surface area contributed by atoms with Gasteiger partial charge in [-0.3, -0.25) is 11.3 Å². The molecular weight excluding hydrogens is 248 g/mol. The molecule has 0 bridgehead atoms. The van der Waals surface area contributed by atoms with E-state index in [0.29, 0.717) is 11.8 Å². The van der Waals surface area contributed by atoms with Crippen molar-refractivity contribution >= 4 is 0 Å². The van der Waals surface area contributed by atoms with Crippen LogP contribution in [0.25, 0.3) is 0 Å². The first kappa shape index (κ1) is 15.5. The largest absolute Gasteiger partial charge is 0.377 e. The molecule has 3 N–H and O–H groups in total. The summed E-state index contributed by atoms with van der Waals surface area (Å²) in [7, 11) is 0. The third-order valence-electron chi connectivity index (χ3n) is 4.16. The van der Waals surface area contributed by atoms with Gasteiger partial charge < -0.3 is 4.74 Å². The quantitative estimate of drug-likeness (QED) is 0.567. The highest BCUT2D eigenvalue weighted by molar-refractivity contribution is 5.25. The molecule has 0 amide bonds. The zero-order chi connectivity index (χ0) is 14.5. The zero-order valence-electron chi connectivity index (χ0n) is 12.9. The molecule has 2 rings (SSSR count). The average molecular weight is 276 g/mol. The monoisotopic (exact) mass is 276 g/mol. The van der Waals surface area contributed by atoms with Crippen LogP contribution in [0.15, 0.2) is 24.3 Å². The Morgan fingerprint density at radius 1 is 1.25 bits per heavy atom. The van der Waals surface area contributed by atoms with Crippen LogP contribution in [0, 0.1) is 5.92 Å². The first-order chi connectivity index (χ1) is 9.65. The van der Waals surface area contributed by atoms with Crippen LogP contribution in [0.4, 0.5) is 0 Å². The van der Waals surface area contributed by atoms with Gasteiger partial charge in [0.1, 0.15) is 0 Å². The van der Waals surface area contributed by atoms with Gasteiger partial charge in [-0.05, 0) is 49.1 Å². The molecule has 0 heterocycles. The molecule has 0 saturated heterocycles. The van der Waals surface area contributed by atoms with Gasteiger partial charge in [-0.15, -0.1) is 0 Å². The molecule has 3 nitrogen and oxygen atoms in total. The fourth-order valence-corrected chi connectivity index (χ4v) is 2.76. The van der Waals surface area contributed by atoms with Gasteiger partial charge in [0.05, 0.1) is 12.1 Å². The Hall–Kier alpha value is -0.900. The maximum absolute atomic E-state index is 5.91. The van der Waals surface area contributed by atoms with E-state index in [1.54, 1.807) is 0 Å². The van der Waals surface area contributed by atoms with Crippen LogP contribution in [0.3, 0.4) is 0 Å². The fraction of sp³-hybridized carbons (Fsp3) is 0.647. The standard InChI is InChI=1S/C17H28N2O/c1-4-20-17(15-9-10-15)16(19-18)11-13-5-7-14(8-6-13)12(2)3/h5-8,12,15-17,19H,4,9-11,18H2,1-3H3. The van der Waals surface area contributed by atoms with Gasteiger partial charge in [0.15, 0.2) is 0 Å². The van der Waals surface area contributed by atoms with E-state index in [2.05, 4.69) is 50.5 Å². The Bertz CT molecular complexity index is 398. The van der Waals surface area contributed by atoms with E-state index in [4.69, 9.17) is 10.6 Å². The number of nitrogens with one attached hydrogen (secondary N) is 1. The fourth-order valence-electron chi connectivity index (χ4n) is 2.76. The third kappa shape index (κ3) is 4.05. The Kier molecular flexibility index (Phi) is 5.58. The molecule has 0 aliphatic heterocycles. The molecule has 1 aliphatic carbocycles. The van der Waals surface area contributed by atoms with E-state index in [9.17, 15) is 0 Å². The lowest BCUT2D eigenvalue weighted by Crippen LogP contribution is -2.47. The van der Waals surface area contributed by atoms with Crippen molar-refractivity contribution < 1.29 is 4.74 Å². The number of benzene rings is 1. The van der Waals surface area contributed by atoms with Crippen LogP contribution in [0.1, 0.15) is 50.7 Å². The molecule has 1 aromatic rings. The van der Waals surface area contributed by atoms with E-state index >= 15 is 0 Å². The molecule has 0 aromatic heterocycles. The van der Waals surface area contributed by atoms with Crippen LogP contribution in [0.2, 0.25) is 0 Å². The third-order valence-corrected chi connectivity index (χ3v) is 4.16. The maximum Gasteiger partial charge on any atom is 0.0772 e. The normalized spacial score (nSPS) is 18.2. The highest BCUT2D eigenvalue weighted by Gasteiger charge is 2.36. The topological polar surface area (TPSA) is 47.3 Å². The molecule has 112 valence electrons. The van der Waals surface area contributed by atoms with Crippen LogP contribution in [-0.2, 0) is 11.2 Å². The minimum atomic E-state index is 0.201. The minimum Gasteiger partial charge on any atom is -0.377 e. The molecule has 1 saturated carbocycles. The molecule has 0 spiro atoms. The van der Waals surface area contributed by atoms with E-state index in [1.807, 2.05) is 0 Å². The first-order valence-corrected chi connectivity index (χ1v) is 7.82. The summed E-state index contributed by atoms with van der Waals surface area (Å²) in [5, 5.41) is 0. The second-order valence-corrected chi connectivity index (χ2v) is 6.13. The molecule has 1 aliphatic rings. The number of hydrazine groups is 1. The molecule has 1 aromatic carbocycles. The summed E-state index contributed by atoms with van der Waals surface area (Å²) >= 11 is 0. The number of rotatable bonds is 8. The van der Waals surface area contributed by atoms with E-state index in [-0.39, 0.29) is 12.1 Å². The van der Waals surface area contributed by atoms with Crippen molar-refractivity contribution in [3.63, 3.8) is 0 Å². The summed E-state index contributed by atoms with van der Waals surface area (Å²) in [5.74, 6) is 7.03. The molecule has 0 radical (unpaired) electrons. The highest BCUT2D eigenvalue weighted by atomic mass is 16.5. The summed E-state index contributed by atoms with van der Waals surface area (Å²) in [6.45, 7) is 7.25. The van der Waals surface area contributed by atoms with Gasteiger partial charge in [-0.2, -0.15) is 0 Å². The van der Waals surface area contributed by atoms with Gasteiger partial charge in [-0.25, -0.2) is 0 Å². The van der Waals surface area contributed by atoms with Crippen molar-refractivity contribution in [2.45, 2.75) is 58.1 Å². The van der Waals surface area contributed by atoms with E-state index in [0.717, 1.165) is 13.0 Å². The number of nitrogens with two attached hydrogens (primary N) is 1. The molecule has 1 fully saturated rings. The maximum atomic E-state index is 5.91. The lowest BCUT2D eigenvalue weighted by atomic mass is 9.96. The van der Waals surface area contributed by atoms with Crippen LogP contribution in [-0.4, -0.2) is 18.8 Å². The predicted molar refractivity (Wildman–Crippen MR) is 83.5 cm³/mol. The molecular formula is C17H28N2O. The Balaban J connectivity index is 2.01. The molecule has 2 unspecified atom stereocenters. The lowest BCUT2D eigenvalue weighted by Gasteiger charge is -2.26. The van der Waals surface area contributed by atoms with Gasteiger partial charge in [0.25, 0.3) is 0 Å². The van der Waals surface area contributed by atoms with Crippen molar-refractivity contribution in [1.82, 2.24) is 5.43 Å². The molecule has 2 atom stereocenters. The van der Waals surface area contributed by atoms with Crippen molar-refractivity contribution in [1.29, 1.82) is 0 Å². The summed E-state index contributed by atoms with van der Waals surface area (Å²) in [6.07, 6.45) is 3.72.